The molecule has 0 aliphatic carbocycles. The first-order chi connectivity index (χ1) is 9.65. The molecule has 4 heteroatoms. The fraction of sp³-hybridized carbons (Fsp3) is 0.812. The Balaban J connectivity index is 2.05. The summed E-state index contributed by atoms with van der Waals surface area (Å²) in [7, 11) is 0. The monoisotopic (exact) mass is 295 g/mol. The van der Waals surface area contributed by atoms with Gasteiger partial charge < -0.3 is 10.2 Å². The lowest BCUT2D eigenvalue weighted by molar-refractivity contribution is 0.553. The van der Waals surface area contributed by atoms with Crippen molar-refractivity contribution in [2.75, 3.05) is 18.0 Å². The van der Waals surface area contributed by atoms with Crippen molar-refractivity contribution in [2.45, 2.75) is 66.0 Å². The minimum Gasteiger partial charge on any atom is -0.345 e. The van der Waals surface area contributed by atoms with Crippen LogP contribution >= 0.6 is 11.3 Å². The molecule has 0 radical (unpaired) electrons. The lowest BCUT2D eigenvalue weighted by atomic mass is 10.2. The molecule has 1 saturated heterocycles. The second-order valence-corrected chi connectivity index (χ2v) is 7.20. The molecule has 1 aromatic rings. The summed E-state index contributed by atoms with van der Waals surface area (Å²) in [4.78, 5) is 8.88. The minimum atomic E-state index is 0.704. The van der Waals surface area contributed by atoms with Crippen LogP contribution in [0.15, 0.2) is 0 Å². The summed E-state index contributed by atoms with van der Waals surface area (Å²) in [5.74, 6) is 0.704. The molecule has 2 rings (SSSR count). The van der Waals surface area contributed by atoms with Crippen molar-refractivity contribution >= 4 is 16.5 Å². The van der Waals surface area contributed by atoms with E-state index in [4.69, 9.17) is 4.98 Å². The molecule has 0 spiro atoms. The van der Waals surface area contributed by atoms with E-state index in [1.165, 1.54) is 41.5 Å². The van der Waals surface area contributed by atoms with Gasteiger partial charge in [-0.15, -0.1) is 11.3 Å². The lowest BCUT2D eigenvalue weighted by Crippen LogP contribution is -2.28. The Morgan fingerprint density at radius 2 is 2.20 bits per heavy atom. The fourth-order valence-electron chi connectivity index (χ4n) is 2.89. The van der Waals surface area contributed by atoms with E-state index < -0.39 is 0 Å². The second-order valence-electron chi connectivity index (χ2n) is 6.14. The van der Waals surface area contributed by atoms with Gasteiger partial charge >= 0.3 is 0 Å². The van der Waals surface area contributed by atoms with Crippen LogP contribution in [0.2, 0.25) is 0 Å². The predicted octanol–water partition coefficient (Wildman–Crippen LogP) is 3.83. The van der Waals surface area contributed by atoms with E-state index in [0.29, 0.717) is 12.0 Å². The Hall–Kier alpha value is -0.610. The number of hydrogen-bond acceptors (Lipinski definition) is 4. The molecule has 1 aliphatic rings. The SMILES string of the molecule is CCc1nc(N2CCCC2CC)sc1CNCC(C)C. The Bertz CT molecular complexity index is 414. The van der Waals surface area contributed by atoms with Gasteiger partial charge in [0.1, 0.15) is 0 Å². The van der Waals surface area contributed by atoms with Gasteiger partial charge in [0.25, 0.3) is 0 Å². The number of rotatable bonds is 7. The van der Waals surface area contributed by atoms with E-state index >= 15 is 0 Å². The quantitative estimate of drug-likeness (QED) is 0.828. The van der Waals surface area contributed by atoms with Gasteiger partial charge in [0, 0.05) is 24.0 Å². The summed E-state index contributed by atoms with van der Waals surface area (Å²) >= 11 is 1.90. The summed E-state index contributed by atoms with van der Waals surface area (Å²) in [6.45, 7) is 12.3. The number of aryl methyl sites for hydroxylation is 1. The molecule has 114 valence electrons. The van der Waals surface area contributed by atoms with Crippen LogP contribution in [0, 0.1) is 5.92 Å². The van der Waals surface area contributed by atoms with Gasteiger partial charge in [0.2, 0.25) is 0 Å². The van der Waals surface area contributed by atoms with Crippen molar-refractivity contribution in [2.24, 2.45) is 5.92 Å². The Kier molecular flexibility index (Phi) is 5.85. The molecule has 20 heavy (non-hydrogen) atoms. The molecule has 0 amide bonds. The topological polar surface area (TPSA) is 28.2 Å². The van der Waals surface area contributed by atoms with Gasteiger partial charge in [0.05, 0.1) is 5.69 Å². The summed E-state index contributed by atoms with van der Waals surface area (Å²) in [6, 6.07) is 0.710. The zero-order valence-corrected chi connectivity index (χ0v) is 14.2. The van der Waals surface area contributed by atoms with Gasteiger partial charge in [-0.25, -0.2) is 4.98 Å². The number of anilines is 1. The molecule has 1 unspecified atom stereocenters. The van der Waals surface area contributed by atoms with Crippen LogP contribution in [-0.2, 0) is 13.0 Å². The molecule has 3 nitrogen and oxygen atoms in total. The molecule has 0 aromatic carbocycles. The summed E-state index contributed by atoms with van der Waals surface area (Å²) < 4.78 is 0. The largest absolute Gasteiger partial charge is 0.345 e. The minimum absolute atomic E-state index is 0.704. The van der Waals surface area contributed by atoms with E-state index in [1.807, 2.05) is 11.3 Å². The normalized spacial score (nSPS) is 19.2. The molecular weight excluding hydrogens is 266 g/mol. The zero-order valence-electron chi connectivity index (χ0n) is 13.4. The van der Waals surface area contributed by atoms with Crippen molar-refractivity contribution in [1.82, 2.24) is 10.3 Å². The molecule has 0 bridgehead atoms. The third kappa shape index (κ3) is 3.73. The lowest BCUT2D eigenvalue weighted by Gasteiger charge is -2.22. The first-order valence-corrected chi connectivity index (χ1v) is 8.93. The van der Waals surface area contributed by atoms with Crippen molar-refractivity contribution in [1.29, 1.82) is 0 Å². The number of nitrogens with one attached hydrogen (secondary N) is 1. The highest BCUT2D eigenvalue weighted by molar-refractivity contribution is 7.15. The highest BCUT2D eigenvalue weighted by atomic mass is 32.1. The van der Waals surface area contributed by atoms with Crippen LogP contribution in [0.5, 0.6) is 0 Å². The number of thiazole rings is 1. The van der Waals surface area contributed by atoms with Gasteiger partial charge in [-0.2, -0.15) is 0 Å². The maximum atomic E-state index is 4.91. The van der Waals surface area contributed by atoms with Gasteiger partial charge in [-0.05, 0) is 38.1 Å². The van der Waals surface area contributed by atoms with Crippen LogP contribution in [0.4, 0.5) is 5.13 Å². The zero-order chi connectivity index (χ0) is 14.5. The van der Waals surface area contributed by atoms with Gasteiger partial charge in [-0.3, -0.25) is 0 Å². The third-order valence-corrected chi connectivity index (χ3v) is 5.17. The van der Waals surface area contributed by atoms with E-state index in [1.54, 1.807) is 0 Å². The smallest absolute Gasteiger partial charge is 0.186 e. The first kappa shape index (κ1) is 15.8. The van der Waals surface area contributed by atoms with Crippen molar-refractivity contribution in [3.8, 4) is 0 Å². The average molecular weight is 295 g/mol. The summed E-state index contributed by atoms with van der Waals surface area (Å²) in [5, 5.41) is 4.81. The van der Waals surface area contributed by atoms with Crippen molar-refractivity contribution in [3.63, 3.8) is 0 Å². The van der Waals surface area contributed by atoms with E-state index in [0.717, 1.165) is 19.5 Å². The molecule has 2 heterocycles. The third-order valence-electron chi connectivity index (χ3n) is 4.03. The Morgan fingerprint density at radius 3 is 2.85 bits per heavy atom. The molecular formula is C16H29N3S. The molecule has 1 N–H and O–H groups in total. The van der Waals surface area contributed by atoms with Crippen LogP contribution in [-0.4, -0.2) is 24.1 Å². The number of hydrogen-bond donors (Lipinski definition) is 1. The van der Waals surface area contributed by atoms with E-state index in [2.05, 4.69) is 37.9 Å². The maximum Gasteiger partial charge on any atom is 0.186 e. The van der Waals surface area contributed by atoms with Crippen molar-refractivity contribution in [3.05, 3.63) is 10.6 Å². The van der Waals surface area contributed by atoms with E-state index in [-0.39, 0.29) is 0 Å². The summed E-state index contributed by atoms with van der Waals surface area (Å²) in [5.41, 5.74) is 1.29. The predicted molar refractivity (Wildman–Crippen MR) is 88.7 cm³/mol. The highest BCUT2D eigenvalue weighted by Crippen LogP contribution is 2.33. The molecule has 1 atom stereocenters. The highest BCUT2D eigenvalue weighted by Gasteiger charge is 2.26. The first-order valence-electron chi connectivity index (χ1n) is 8.11. The van der Waals surface area contributed by atoms with Gasteiger partial charge in [-0.1, -0.05) is 27.7 Å². The second kappa shape index (κ2) is 7.41. The molecule has 1 aliphatic heterocycles. The molecule has 0 saturated carbocycles. The standard InChI is InChI=1S/C16H29N3S/c1-5-13-8-7-9-19(13)16-18-14(6-2)15(20-16)11-17-10-12(3)4/h12-13,17H,5-11H2,1-4H3. The number of aromatic nitrogens is 1. The van der Waals surface area contributed by atoms with Crippen LogP contribution in [0.1, 0.15) is 57.5 Å². The summed E-state index contributed by atoms with van der Waals surface area (Å²) in [6.07, 6.45) is 4.93. The molecule has 1 fully saturated rings. The Labute approximate surface area is 127 Å². The molecule has 1 aromatic heterocycles. The van der Waals surface area contributed by atoms with Crippen LogP contribution in [0.3, 0.4) is 0 Å². The fourth-order valence-corrected chi connectivity index (χ4v) is 4.11. The van der Waals surface area contributed by atoms with Crippen LogP contribution < -0.4 is 10.2 Å². The Morgan fingerprint density at radius 1 is 1.40 bits per heavy atom. The number of nitrogens with zero attached hydrogens (tertiary/aromatic N) is 2. The average Bonchev–Trinajstić information content (AvgIpc) is 3.03. The van der Waals surface area contributed by atoms with Gasteiger partial charge in [0.15, 0.2) is 5.13 Å². The van der Waals surface area contributed by atoms with Crippen molar-refractivity contribution < 1.29 is 0 Å². The van der Waals surface area contributed by atoms with Crippen LogP contribution in [0.25, 0.3) is 0 Å². The van der Waals surface area contributed by atoms with E-state index in [9.17, 15) is 0 Å². The maximum absolute atomic E-state index is 4.91.